The minimum Gasteiger partial charge on any atom is -0.296 e. The summed E-state index contributed by atoms with van der Waals surface area (Å²) in [6.45, 7) is 2.84. The molecular formula is C29H36N6O. The van der Waals surface area contributed by atoms with Crippen molar-refractivity contribution in [3.63, 3.8) is 0 Å². The number of nitrogens with zero attached hydrogens (tertiary/aromatic N) is 6. The maximum absolute atomic E-state index is 13.6. The lowest BCUT2D eigenvalue weighted by molar-refractivity contribution is 0.344. The van der Waals surface area contributed by atoms with Crippen LogP contribution >= 0.6 is 0 Å². The first-order chi connectivity index (χ1) is 17.7. The van der Waals surface area contributed by atoms with Gasteiger partial charge in [-0.1, -0.05) is 87.9 Å². The average Bonchev–Trinajstić information content (AvgIpc) is 3.57. The minimum atomic E-state index is 0.153. The van der Waals surface area contributed by atoms with E-state index >= 15 is 0 Å². The van der Waals surface area contributed by atoms with Gasteiger partial charge in [0.2, 0.25) is 0 Å². The van der Waals surface area contributed by atoms with Crippen LogP contribution in [-0.2, 0) is 13.0 Å². The molecule has 0 radical (unpaired) electrons. The number of aryl methyl sites for hydroxylation is 1. The Bertz CT molecular complexity index is 1300. The molecule has 5 rings (SSSR count). The second-order valence-electron chi connectivity index (χ2n) is 9.97. The number of para-hydroxylation sites is 1. The summed E-state index contributed by atoms with van der Waals surface area (Å²) in [6.07, 6.45) is 15.5. The number of unbranched alkanes of at least 4 members (excludes halogenated alkanes) is 3. The number of rotatable bonds is 10. The Labute approximate surface area is 212 Å². The van der Waals surface area contributed by atoms with Gasteiger partial charge in [-0.2, -0.15) is 4.68 Å². The standard InChI is InChI=1S/C29H36N6O/c1-2-3-4-6-13-26-21-34(25-11-7-5-8-12-25)29(36)33(26)20-23-16-18-24(19-17-23)27-14-9-10-15-28(27)35-22-30-31-32-35/h9-10,14-19,21-22,25H,2-8,11-13,20H2,1H3. The van der Waals surface area contributed by atoms with Crippen LogP contribution in [0.4, 0.5) is 0 Å². The van der Waals surface area contributed by atoms with Crippen molar-refractivity contribution in [3.05, 3.63) is 82.8 Å². The zero-order valence-electron chi connectivity index (χ0n) is 21.2. The van der Waals surface area contributed by atoms with Crippen LogP contribution in [0.25, 0.3) is 16.8 Å². The fourth-order valence-electron chi connectivity index (χ4n) is 5.43. The fourth-order valence-corrected chi connectivity index (χ4v) is 5.43. The Hall–Kier alpha value is -3.48. The van der Waals surface area contributed by atoms with Crippen molar-refractivity contribution in [3.8, 4) is 16.8 Å². The Balaban J connectivity index is 1.40. The first-order valence-electron chi connectivity index (χ1n) is 13.5. The first-order valence-corrected chi connectivity index (χ1v) is 13.5. The Morgan fingerprint density at radius 3 is 2.50 bits per heavy atom. The third-order valence-electron chi connectivity index (χ3n) is 7.45. The molecule has 1 aliphatic rings. The van der Waals surface area contributed by atoms with E-state index < -0.39 is 0 Å². The third-order valence-corrected chi connectivity index (χ3v) is 7.45. The highest BCUT2D eigenvalue weighted by atomic mass is 16.1. The summed E-state index contributed by atoms with van der Waals surface area (Å²) in [7, 11) is 0. The van der Waals surface area contributed by atoms with Gasteiger partial charge in [0.15, 0.2) is 0 Å². The van der Waals surface area contributed by atoms with E-state index in [9.17, 15) is 4.79 Å². The van der Waals surface area contributed by atoms with E-state index in [4.69, 9.17) is 0 Å². The van der Waals surface area contributed by atoms with Crippen molar-refractivity contribution >= 4 is 0 Å². The van der Waals surface area contributed by atoms with Gasteiger partial charge < -0.3 is 0 Å². The lowest BCUT2D eigenvalue weighted by Gasteiger charge is -2.22. The van der Waals surface area contributed by atoms with Gasteiger partial charge in [-0.05, 0) is 53.3 Å². The highest BCUT2D eigenvalue weighted by molar-refractivity contribution is 5.72. The van der Waals surface area contributed by atoms with Gasteiger partial charge in [-0.25, -0.2) is 4.79 Å². The van der Waals surface area contributed by atoms with Crippen molar-refractivity contribution in [2.75, 3.05) is 0 Å². The normalized spacial score (nSPS) is 14.4. The molecule has 0 N–H and O–H groups in total. The van der Waals surface area contributed by atoms with Crippen LogP contribution in [0.15, 0.2) is 65.8 Å². The molecular weight excluding hydrogens is 448 g/mol. The molecule has 7 heteroatoms. The lowest BCUT2D eigenvalue weighted by Crippen LogP contribution is -2.29. The molecule has 0 aliphatic heterocycles. The second kappa shape index (κ2) is 11.5. The SMILES string of the molecule is CCCCCCc1cn(C2CCCCC2)c(=O)n1Cc1ccc(-c2ccccc2-n2cnnn2)cc1. The van der Waals surface area contributed by atoms with Crippen molar-refractivity contribution < 1.29 is 0 Å². The summed E-state index contributed by atoms with van der Waals surface area (Å²) in [5, 5.41) is 11.6. The van der Waals surface area contributed by atoms with Gasteiger partial charge in [0, 0.05) is 23.5 Å². The third kappa shape index (κ3) is 5.35. The summed E-state index contributed by atoms with van der Waals surface area (Å²) in [4.78, 5) is 13.6. The predicted octanol–water partition coefficient (Wildman–Crippen LogP) is 5.97. The van der Waals surface area contributed by atoms with Crippen LogP contribution < -0.4 is 5.69 Å². The van der Waals surface area contributed by atoms with Crippen molar-refractivity contribution in [2.24, 2.45) is 0 Å². The average molecular weight is 485 g/mol. The molecule has 1 saturated carbocycles. The number of benzene rings is 2. The Morgan fingerprint density at radius 2 is 1.75 bits per heavy atom. The highest BCUT2D eigenvalue weighted by Crippen LogP contribution is 2.28. The zero-order valence-corrected chi connectivity index (χ0v) is 21.2. The molecule has 0 amide bonds. The van der Waals surface area contributed by atoms with Gasteiger partial charge in [-0.3, -0.25) is 9.13 Å². The molecule has 1 aliphatic carbocycles. The van der Waals surface area contributed by atoms with Crippen LogP contribution in [-0.4, -0.2) is 29.3 Å². The summed E-state index contributed by atoms with van der Waals surface area (Å²) in [5.41, 5.74) is 5.56. The number of hydrogen-bond donors (Lipinski definition) is 0. The minimum absolute atomic E-state index is 0.153. The van der Waals surface area contributed by atoms with Crippen LogP contribution in [0.3, 0.4) is 0 Å². The summed E-state index contributed by atoms with van der Waals surface area (Å²) in [6, 6.07) is 17.0. The molecule has 2 aromatic carbocycles. The van der Waals surface area contributed by atoms with E-state index in [-0.39, 0.29) is 5.69 Å². The highest BCUT2D eigenvalue weighted by Gasteiger charge is 2.21. The smallest absolute Gasteiger partial charge is 0.296 e. The Kier molecular flexibility index (Phi) is 7.74. The maximum Gasteiger partial charge on any atom is 0.328 e. The van der Waals surface area contributed by atoms with E-state index in [0.717, 1.165) is 48.1 Å². The quantitative estimate of drug-likeness (QED) is 0.260. The molecule has 7 nitrogen and oxygen atoms in total. The molecule has 0 atom stereocenters. The lowest BCUT2D eigenvalue weighted by atomic mass is 9.95. The van der Waals surface area contributed by atoms with Gasteiger partial charge in [-0.15, -0.1) is 5.10 Å². The largest absolute Gasteiger partial charge is 0.328 e. The molecule has 1 fully saturated rings. The zero-order chi connectivity index (χ0) is 24.7. The Morgan fingerprint density at radius 1 is 0.944 bits per heavy atom. The summed E-state index contributed by atoms with van der Waals surface area (Å²) in [5.74, 6) is 0. The van der Waals surface area contributed by atoms with E-state index in [1.807, 2.05) is 27.3 Å². The number of hydrogen-bond acceptors (Lipinski definition) is 4. The molecule has 2 aromatic heterocycles. The van der Waals surface area contributed by atoms with Crippen molar-refractivity contribution in [1.82, 2.24) is 29.3 Å². The molecule has 0 bridgehead atoms. The molecule has 4 aromatic rings. The number of aromatic nitrogens is 6. The topological polar surface area (TPSA) is 70.5 Å². The molecule has 2 heterocycles. The summed E-state index contributed by atoms with van der Waals surface area (Å²) < 4.78 is 5.75. The molecule has 0 unspecified atom stereocenters. The fraction of sp³-hybridized carbons (Fsp3) is 0.448. The van der Waals surface area contributed by atoms with Gasteiger partial charge in [0.05, 0.1) is 12.2 Å². The second-order valence-corrected chi connectivity index (χ2v) is 9.97. The molecule has 0 spiro atoms. The van der Waals surface area contributed by atoms with Gasteiger partial charge >= 0.3 is 5.69 Å². The summed E-state index contributed by atoms with van der Waals surface area (Å²) >= 11 is 0. The first kappa shape index (κ1) is 24.2. The van der Waals surface area contributed by atoms with Crippen LogP contribution in [0.2, 0.25) is 0 Å². The van der Waals surface area contributed by atoms with Gasteiger partial charge in [0.25, 0.3) is 0 Å². The predicted molar refractivity (Wildman–Crippen MR) is 142 cm³/mol. The van der Waals surface area contributed by atoms with Crippen LogP contribution in [0.1, 0.15) is 82.0 Å². The van der Waals surface area contributed by atoms with Crippen molar-refractivity contribution in [1.29, 1.82) is 0 Å². The molecule has 0 saturated heterocycles. The number of imidazole rings is 1. The van der Waals surface area contributed by atoms with Gasteiger partial charge in [0.1, 0.15) is 6.33 Å². The van der Waals surface area contributed by atoms with E-state index in [1.54, 1.807) is 11.0 Å². The van der Waals surface area contributed by atoms with Crippen LogP contribution in [0, 0.1) is 0 Å². The van der Waals surface area contributed by atoms with Crippen molar-refractivity contribution in [2.45, 2.75) is 83.7 Å². The molecule has 36 heavy (non-hydrogen) atoms. The van der Waals surface area contributed by atoms with E-state index in [0.29, 0.717) is 12.6 Å². The maximum atomic E-state index is 13.6. The monoisotopic (exact) mass is 484 g/mol. The number of tetrazole rings is 1. The van der Waals surface area contributed by atoms with E-state index in [2.05, 4.69) is 59.0 Å². The van der Waals surface area contributed by atoms with E-state index in [1.165, 1.54) is 44.2 Å². The van der Waals surface area contributed by atoms with Crippen LogP contribution in [0.5, 0.6) is 0 Å². The molecule has 188 valence electrons.